The van der Waals surface area contributed by atoms with Gasteiger partial charge in [-0.3, -0.25) is 9.89 Å². The molecule has 0 spiro atoms. The third kappa shape index (κ3) is 5.96. The average molecular weight is 367 g/mol. The zero-order valence-electron chi connectivity index (χ0n) is 16.2. The van der Waals surface area contributed by atoms with E-state index in [0.717, 1.165) is 44.0 Å². The molecule has 3 rings (SSSR count). The summed E-state index contributed by atoms with van der Waals surface area (Å²) in [5.74, 6) is 1.47. The summed E-state index contributed by atoms with van der Waals surface area (Å²) in [5, 5.41) is 6.92. The van der Waals surface area contributed by atoms with Gasteiger partial charge in [0.05, 0.1) is 7.11 Å². The van der Waals surface area contributed by atoms with E-state index in [2.05, 4.69) is 55.8 Å². The number of nitrogens with one attached hydrogen (secondary N) is 2. The molecule has 1 aromatic heterocycles. The van der Waals surface area contributed by atoms with Gasteiger partial charge in [-0.15, -0.1) is 0 Å². The summed E-state index contributed by atoms with van der Waals surface area (Å²) in [7, 11) is 3.43. The standard InChI is InChI=1S/C21H29N5O/c1-22-21(24-15-18-8-9-20(27-2)23-14-18)25-19-10-12-26(13-11-19)16-17-6-4-3-5-7-17/h3-9,14,19H,10-13,15-16H2,1-2H3,(H2,22,24,25). The van der Waals surface area contributed by atoms with Gasteiger partial charge in [-0.2, -0.15) is 0 Å². The Morgan fingerprint density at radius 1 is 1.15 bits per heavy atom. The third-order valence-corrected chi connectivity index (χ3v) is 4.87. The Hall–Kier alpha value is -2.60. The Balaban J connectivity index is 1.41. The monoisotopic (exact) mass is 367 g/mol. The quantitative estimate of drug-likeness (QED) is 0.606. The molecule has 144 valence electrons. The van der Waals surface area contributed by atoms with Crippen molar-refractivity contribution in [1.29, 1.82) is 0 Å². The SMILES string of the molecule is CN=C(NCc1ccc(OC)nc1)NC1CCN(Cc2ccccc2)CC1. The summed E-state index contributed by atoms with van der Waals surface area (Å²) in [6, 6.07) is 15.0. The Morgan fingerprint density at radius 3 is 2.56 bits per heavy atom. The van der Waals surface area contributed by atoms with Crippen molar-refractivity contribution >= 4 is 5.96 Å². The van der Waals surface area contributed by atoms with Crippen molar-refractivity contribution in [2.75, 3.05) is 27.2 Å². The van der Waals surface area contributed by atoms with E-state index in [-0.39, 0.29) is 0 Å². The number of guanidine groups is 1. The number of aliphatic imine (C=N–C) groups is 1. The minimum atomic E-state index is 0.456. The van der Waals surface area contributed by atoms with Gasteiger partial charge in [0.15, 0.2) is 5.96 Å². The van der Waals surface area contributed by atoms with Crippen LogP contribution in [-0.2, 0) is 13.1 Å². The van der Waals surface area contributed by atoms with E-state index in [0.29, 0.717) is 18.5 Å². The van der Waals surface area contributed by atoms with Crippen LogP contribution in [0.5, 0.6) is 5.88 Å². The Morgan fingerprint density at radius 2 is 1.93 bits per heavy atom. The van der Waals surface area contributed by atoms with Crippen LogP contribution >= 0.6 is 0 Å². The van der Waals surface area contributed by atoms with E-state index >= 15 is 0 Å². The molecule has 1 aliphatic heterocycles. The molecule has 0 unspecified atom stereocenters. The van der Waals surface area contributed by atoms with Crippen LogP contribution < -0.4 is 15.4 Å². The second kappa shape index (κ2) is 9.92. The van der Waals surface area contributed by atoms with Gasteiger partial charge in [-0.1, -0.05) is 36.4 Å². The largest absolute Gasteiger partial charge is 0.481 e. The molecule has 2 N–H and O–H groups in total. The fourth-order valence-corrected chi connectivity index (χ4v) is 3.29. The summed E-state index contributed by atoms with van der Waals surface area (Å²) in [6.07, 6.45) is 4.07. The maximum Gasteiger partial charge on any atom is 0.212 e. The number of ether oxygens (including phenoxy) is 1. The highest BCUT2D eigenvalue weighted by molar-refractivity contribution is 5.79. The van der Waals surface area contributed by atoms with Gasteiger partial charge in [0.2, 0.25) is 5.88 Å². The smallest absolute Gasteiger partial charge is 0.212 e. The van der Waals surface area contributed by atoms with Crippen LogP contribution in [0, 0.1) is 0 Å². The van der Waals surface area contributed by atoms with Crippen LogP contribution in [0.3, 0.4) is 0 Å². The highest BCUT2D eigenvalue weighted by atomic mass is 16.5. The number of hydrogen-bond donors (Lipinski definition) is 2. The topological polar surface area (TPSA) is 61.8 Å². The zero-order valence-corrected chi connectivity index (χ0v) is 16.2. The van der Waals surface area contributed by atoms with Crippen LogP contribution in [-0.4, -0.2) is 49.1 Å². The van der Waals surface area contributed by atoms with Gasteiger partial charge < -0.3 is 15.4 Å². The van der Waals surface area contributed by atoms with Crippen molar-refractivity contribution in [3.63, 3.8) is 0 Å². The number of likely N-dealkylation sites (tertiary alicyclic amines) is 1. The molecular formula is C21H29N5O. The lowest BCUT2D eigenvalue weighted by molar-refractivity contribution is 0.198. The van der Waals surface area contributed by atoms with Crippen molar-refractivity contribution in [2.24, 2.45) is 4.99 Å². The lowest BCUT2D eigenvalue weighted by Gasteiger charge is -2.33. The summed E-state index contributed by atoms with van der Waals surface area (Å²) in [6.45, 7) is 3.92. The number of rotatable bonds is 6. The molecule has 0 amide bonds. The van der Waals surface area contributed by atoms with E-state index in [9.17, 15) is 0 Å². The van der Waals surface area contributed by atoms with Gasteiger partial charge >= 0.3 is 0 Å². The molecule has 0 saturated carbocycles. The van der Waals surface area contributed by atoms with Gasteiger partial charge in [0, 0.05) is 51.5 Å². The van der Waals surface area contributed by atoms with Crippen LogP contribution in [0.2, 0.25) is 0 Å². The first kappa shape index (κ1) is 19.2. The van der Waals surface area contributed by atoms with Crippen molar-refractivity contribution in [2.45, 2.75) is 32.0 Å². The van der Waals surface area contributed by atoms with Crippen molar-refractivity contribution in [3.8, 4) is 5.88 Å². The fourth-order valence-electron chi connectivity index (χ4n) is 3.29. The van der Waals surface area contributed by atoms with Gasteiger partial charge in [0.1, 0.15) is 0 Å². The molecule has 0 bridgehead atoms. The lowest BCUT2D eigenvalue weighted by Crippen LogP contribution is -2.48. The van der Waals surface area contributed by atoms with Crippen molar-refractivity contribution in [3.05, 3.63) is 59.8 Å². The molecule has 1 saturated heterocycles. The number of aromatic nitrogens is 1. The summed E-state index contributed by atoms with van der Waals surface area (Å²) < 4.78 is 5.09. The van der Waals surface area contributed by atoms with Crippen LogP contribution in [0.1, 0.15) is 24.0 Å². The molecule has 1 fully saturated rings. The Bertz CT molecular complexity index is 709. The number of nitrogens with zero attached hydrogens (tertiary/aromatic N) is 3. The van der Waals surface area contributed by atoms with Gasteiger partial charge in [-0.25, -0.2) is 4.98 Å². The molecule has 0 atom stereocenters. The minimum absolute atomic E-state index is 0.456. The van der Waals surface area contributed by atoms with E-state index < -0.39 is 0 Å². The summed E-state index contributed by atoms with van der Waals surface area (Å²) in [5.41, 5.74) is 2.48. The summed E-state index contributed by atoms with van der Waals surface area (Å²) in [4.78, 5) is 11.1. The van der Waals surface area contributed by atoms with E-state index in [4.69, 9.17) is 4.74 Å². The molecular weight excluding hydrogens is 338 g/mol. The van der Waals surface area contributed by atoms with Gasteiger partial charge in [-0.05, 0) is 24.0 Å². The molecule has 2 heterocycles. The molecule has 1 aliphatic rings. The van der Waals surface area contributed by atoms with E-state index in [1.807, 2.05) is 25.4 Å². The fraction of sp³-hybridized carbons (Fsp3) is 0.429. The second-order valence-electron chi connectivity index (χ2n) is 6.81. The highest BCUT2D eigenvalue weighted by Crippen LogP contribution is 2.14. The second-order valence-corrected chi connectivity index (χ2v) is 6.81. The number of benzene rings is 1. The third-order valence-electron chi connectivity index (χ3n) is 4.87. The number of hydrogen-bond acceptors (Lipinski definition) is 4. The molecule has 2 aromatic rings. The van der Waals surface area contributed by atoms with Gasteiger partial charge in [0.25, 0.3) is 0 Å². The Labute approximate surface area is 161 Å². The maximum atomic E-state index is 5.09. The molecule has 6 nitrogen and oxygen atoms in total. The summed E-state index contributed by atoms with van der Waals surface area (Å²) >= 11 is 0. The predicted molar refractivity (Wildman–Crippen MR) is 109 cm³/mol. The number of methoxy groups -OCH3 is 1. The van der Waals surface area contributed by atoms with E-state index in [1.165, 1.54) is 5.56 Å². The lowest BCUT2D eigenvalue weighted by atomic mass is 10.0. The number of piperidine rings is 1. The first-order valence-electron chi connectivity index (χ1n) is 9.49. The molecule has 6 heteroatoms. The first-order chi connectivity index (χ1) is 13.3. The predicted octanol–water partition coefficient (Wildman–Crippen LogP) is 2.42. The normalized spacial score (nSPS) is 16.1. The van der Waals surface area contributed by atoms with Crippen molar-refractivity contribution < 1.29 is 4.74 Å². The molecule has 27 heavy (non-hydrogen) atoms. The molecule has 1 aromatic carbocycles. The average Bonchev–Trinajstić information content (AvgIpc) is 2.73. The van der Waals surface area contributed by atoms with Crippen LogP contribution in [0.4, 0.5) is 0 Å². The molecule has 0 radical (unpaired) electrons. The number of pyridine rings is 1. The Kier molecular flexibility index (Phi) is 7.04. The highest BCUT2D eigenvalue weighted by Gasteiger charge is 2.20. The first-order valence-corrected chi connectivity index (χ1v) is 9.49. The zero-order chi connectivity index (χ0) is 18.9. The molecule has 0 aliphatic carbocycles. The van der Waals surface area contributed by atoms with Crippen molar-refractivity contribution in [1.82, 2.24) is 20.5 Å². The maximum absolute atomic E-state index is 5.09. The van der Waals surface area contributed by atoms with E-state index in [1.54, 1.807) is 7.11 Å². The van der Waals surface area contributed by atoms with Crippen LogP contribution in [0.25, 0.3) is 0 Å². The minimum Gasteiger partial charge on any atom is -0.481 e. The van der Waals surface area contributed by atoms with Crippen LogP contribution in [0.15, 0.2) is 53.7 Å².